The molecule has 6 aromatic rings. The van der Waals surface area contributed by atoms with Crippen molar-refractivity contribution in [3.63, 3.8) is 0 Å². The van der Waals surface area contributed by atoms with E-state index in [9.17, 15) is 0 Å². The molecule has 0 radical (unpaired) electrons. The van der Waals surface area contributed by atoms with Crippen LogP contribution in [-0.4, -0.2) is 34.7 Å². The molecule has 0 spiro atoms. The van der Waals surface area contributed by atoms with Crippen LogP contribution in [0.2, 0.25) is 0 Å². The van der Waals surface area contributed by atoms with E-state index in [4.69, 9.17) is 5.73 Å². The van der Waals surface area contributed by atoms with Gasteiger partial charge in [0.15, 0.2) is 0 Å². The minimum Gasteiger partial charge on any atom is -0.397 e. The summed E-state index contributed by atoms with van der Waals surface area (Å²) in [7, 11) is 0. The van der Waals surface area contributed by atoms with Gasteiger partial charge in [0, 0.05) is 34.9 Å². The van der Waals surface area contributed by atoms with E-state index in [1.807, 2.05) is 48.4 Å². The number of nitrogens with one attached hydrogen (secondary N) is 2. The van der Waals surface area contributed by atoms with Crippen molar-refractivity contribution >= 4 is 27.6 Å². The Morgan fingerprint density at radius 3 is 2.62 bits per heavy atom. The van der Waals surface area contributed by atoms with Crippen LogP contribution in [0.25, 0.3) is 50.1 Å². The number of nitrogens with zero attached hydrogens (tertiary/aromatic N) is 5. The molecule has 8 nitrogen and oxygen atoms in total. The summed E-state index contributed by atoms with van der Waals surface area (Å²) >= 11 is 0. The van der Waals surface area contributed by atoms with Crippen LogP contribution in [0.1, 0.15) is 31.2 Å². The molecule has 0 aliphatic rings. The van der Waals surface area contributed by atoms with Crippen molar-refractivity contribution < 1.29 is 0 Å². The number of aromatic nitrogens is 7. The van der Waals surface area contributed by atoms with Gasteiger partial charge in [-0.3, -0.25) is 10.1 Å². The van der Waals surface area contributed by atoms with E-state index >= 15 is 0 Å². The van der Waals surface area contributed by atoms with Gasteiger partial charge in [0.1, 0.15) is 11.3 Å². The van der Waals surface area contributed by atoms with Gasteiger partial charge in [-0.25, -0.2) is 9.97 Å². The number of rotatable bonds is 4. The molecule has 1 aromatic carbocycles. The first-order chi connectivity index (χ1) is 16.5. The van der Waals surface area contributed by atoms with Crippen LogP contribution in [0.5, 0.6) is 0 Å². The number of fused-ring (bicyclic) bond motifs is 2. The molecular weight excluding hydrogens is 424 g/mol. The van der Waals surface area contributed by atoms with E-state index in [1.54, 1.807) is 6.20 Å². The predicted molar refractivity (Wildman–Crippen MR) is 135 cm³/mol. The van der Waals surface area contributed by atoms with Gasteiger partial charge in [-0.2, -0.15) is 5.10 Å². The number of H-pyrrole nitrogens is 2. The summed E-state index contributed by atoms with van der Waals surface area (Å²) in [5.41, 5.74) is 15.4. The van der Waals surface area contributed by atoms with Crippen molar-refractivity contribution in [2.45, 2.75) is 26.7 Å². The summed E-state index contributed by atoms with van der Waals surface area (Å²) in [5, 5.41) is 9.78. The number of aromatic amines is 2. The zero-order chi connectivity index (χ0) is 23.4. The Kier molecular flexibility index (Phi) is 4.48. The largest absolute Gasteiger partial charge is 0.397 e. The number of anilines is 1. The van der Waals surface area contributed by atoms with Crippen LogP contribution in [0, 0.1) is 6.92 Å². The zero-order valence-electron chi connectivity index (χ0n) is 19.2. The maximum absolute atomic E-state index is 6.28. The van der Waals surface area contributed by atoms with Gasteiger partial charge in [0.05, 0.1) is 40.3 Å². The lowest BCUT2D eigenvalue weighted by molar-refractivity contribution is 0.827. The molecule has 0 fully saturated rings. The number of nitrogen functional groups attached to an aromatic ring is 1. The third kappa shape index (κ3) is 3.23. The molecule has 0 bridgehead atoms. The second kappa shape index (κ2) is 7.55. The standard InChI is InChI=1S/C26H24N8/c1-14(2)24-20(27)9-17(11-29-24)16-4-5-21-18(8-16)25(33-32-21)22-10-19-23(6-7-28-26(19)31-22)34-12-15(3)30-13-34/h4-14H,27H2,1-3H3,(H,28,31)(H,32,33). The highest BCUT2D eigenvalue weighted by atomic mass is 15.1. The van der Waals surface area contributed by atoms with Crippen LogP contribution in [0.4, 0.5) is 5.69 Å². The molecule has 34 heavy (non-hydrogen) atoms. The highest BCUT2D eigenvalue weighted by molar-refractivity contribution is 5.98. The van der Waals surface area contributed by atoms with Crippen molar-refractivity contribution in [3.8, 4) is 28.2 Å². The van der Waals surface area contributed by atoms with Crippen LogP contribution in [0.15, 0.2) is 61.3 Å². The van der Waals surface area contributed by atoms with Gasteiger partial charge in [0.25, 0.3) is 0 Å². The molecule has 6 rings (SSSR count). The van der Waals surface area contributed by atoms with Crippen molar-refractivity contribution in [2.75, 3.05) is 5.73 Å². The molecule has 0 atom stereocenters. The Labute approximate surface area is 195 Å². The molecule has 0 unspecified atom stereocenters. The monoisotopic (exact) mass is 448 g/mol. The lowest BCUT2D eigenvalue weighted by atomic mass is 10.0. The van der Waals surface area contributed by atoms with Crippen LogP contribution < -0.4 is 5.73 Å². The molecular formula is C26H24N8. The van der Waals surface area contributed by atoms with E-state index in [2.05, 4.69) is 62.2 Å². The molecule has 0 saturated carbocycles. The molecule has 0 aliphatic carbocycles. The number of nitrogens with two attached hydrogens (primary N) is 1. The molecule has 0 saturated heterocycles. The summed E-state index contributed by atoms with van der Waals surface area (Å²) in [6.07, 6.45) is 7.50. The number of aryl methyl sites for hydroxylation is 1. The highest BCUT2D eigenvalue weighted by Crippen LogP contribution is 2.33. The third-order valence-electron chi connectivity index (χ3n) is 6.15. The Hall–Kier alpha value is -4.46. The number of benzene rings is 1. The quantitative estimate of drug-likeness (QED) is 0.335. The number of imidazole rings is 1. The smallest absolute Gasteiger partial charge is 0.139 e. The van der Waals surface area contributed by atoms with Crippen molar-refractivity contribution in [1.82, 2.24) is 34.7 Å². The van der Waals surface area contributed by atoms with Gasteiger partial charge in [0.2, 0.25) is 0 Å². The molecule has 8 heteroatoms. The van der Waals surface area contributed by atoms with E-state index in [1.165, 1.54) is 0 Å². The van der Waals surface area contributed by atoms with Crippen LogP contribution >= 0.6 is 0 Å². The zero-order valence-corrected chi connectivity index (χ0v) is 19.2. The van der Waals surface area contributed by atoms with E-state index in [0.29, 0.717) is 5.69 Å². The molecule has 0 aliphatic heterocycles. The second-order valence-electron chi connectivity index (χ2n) is 8.88. The predicted octanol–water partition coefficient (Wildman–Crippen LogP) is 5.37. The topological polar surface area (TPSA) is 114 Å². The molecule has 4 N–H and O–H groups in total. The van der Waals surface area contributed by atoms with E-state index < -0.39 is 0 Å². The average Bonchev–Trinajstić information content (AvgIpc) is 3.55. The molecule has 5 heterocycles. The SMILES string of the molecule is Cc1cn(-c2ccnc3[nH]c(-c4n[nH]c5ccc(-c6cnc(C(C)C)c(N)c6)cc45)cc23)cn1. The maximum Gasteiger partial charge on any atom is 0.139 e. The van der Waals surface area contributed by atoms with Crippen molar-refractivity contribution in [1.29, 1.82) is 0 Å². The fraction of sp³-hybridized carbons (Fsp3) is 0.154. The van der Waals surface area contributed by atoms with Gasteiger partial charge in [-0.1, -0.05) is 19.9 Å². The summed E-state index contributed by atoms with van der Waals surface area (Å²) < 4.78 is 2.01. The van der Waals surface area contributed by atoms with Crippen LogP contribution in [-0.2, 0) is 0 Å². The summed E-state index contributed by atoms with van der Waals surface area (Å²) in [6, 6.07) is 12.3. The highest BCUT2D eigenvalue weighted by Gasteiger charge is 2.15. The molecule has 168 valence electrons. The second-order valence-corrected chi connectivity index (χ2v) is 8.88. The summed E-state index contributed by atoms with van der Waals surface area (Å²) in [6.45, 7) is 6.16. The normalized spacial score (nSPS) is 11.8. The molecule has 5 aromatic heterocycles. The minimum atomic E-state index is 0.281. The minimum absolute atomic E-state index is 0.281. The lowest BCUT2D eigenvalue weighted by Crippen LogP contribution is -2.00. The maximum atomic E-state index is 6.28. The fourth-order valence-electron chi connectivity index (χ4n) is 4.45. The Balaban J connectivity index is 1.46. The third-order valence-corrected chi connectivity index (χ3v) is 6.15. The first kappa shape index (κ1) is 20.2. The Bertz CT molecular complexity index is 1670. The average molecular weight is 449 g/mol. The van der Waals surface area contributed by atoms with Crippen LogP contribution in [0.3, 0.4) is 0 Å². The number of pyridine rings is 2. The first-order valence-electron chi connectivity index (χ1n) is 11.2. The van der Waals surface area contributed by atoms with Gasteiger partial charge in [-0.15, -0.1) is 0 Å². The van der Waals surface area contributed by atoms with E-state index in [-0.39, 0.29) is 5.92 Å². The summed E-state index contributed by atoms with van der Waals surface area (Å²) in [5.74, 6) is 0.281. The van der Waals surface area contributed by atoms with Gasteiger partial charge >= 0.3 is 0 Å². The Morgan fingerprint density at radius 2 is 1.85 bits per heavy atom. The fourth-order valence-corrected chi connectivity index (χ4v) is 4.45. The first-order valence-corrected chi connectivity index (χ1v) is 11.2. The lowest BCUT2D eigenvalue weighted by Gasteiger charge is -2.10. The molecule has 0 amide bonds. The van der Waals surface area contributed by atoms with Gasteiger partial charge in [-0.05, 0) is 48.7 Å². The Morgan fingerprint density at radius 1 is 0.971 bits per heavy atom. The number of hydrogen-bond acceptors (Lipinski definition) is 5. The number of hydrogen-bond donors (Lipinski definition) is 3. The van der Waals surface area contributed by atoms with E-state index in [0.717, 1.165) is 61.5 Å². The van der Waals surface area contributed by atoms with Gasteiger partial charge < -0.3 is 15.3 Å². The van der Waals surface area contributed by atoms with Crippen molar-refractivity contribution in [2.24, 2.45) is 0 Å². The van der Waals surface area contributed by atoms with Crippen molar-refractivity contribution in [3.05, 3.63) is 72.7 Å². The summed E-state index contributed by atoms with van der Waals surface area (Å²) in [4.78, 5) is 16.9.